The molecule has 0 fully saturated rings. The molecule has 0 aliphatic rings. The number of isothiocyanates is 1. The SMILES string of the molecule is COc1ncc(-c2cc(N=C=S)ncn2)cn1. The van der Waals surface area contributed by atoms with Crippen LogP contribution in [-0.2, 0) is 0 Å². The van der Waals surface area contributed by atoms with E-state index in [-0.39, 0.29) is 0 Å². The molecular formula is C10H7N5OS. The summed E-state index contributed by atoms with van der Waals surface area (Å²) in [6.07, 6.45) is 4.61. The van der Waals surface area contributed by atoms with Gasteiger partial charge in [0.25, 0.3) is 0 Å². The molecule has 6 nitrogen and oxygen atoms in total. The number of aromatic nitrogens is 4. The summed E-state index contributed by atoms with van der Waals surface area (Å²) < 4.78 is 4.87. The molecule has 0 radical (unpaired) electrons. The quantitative estimate of drug-likeness (QED) is 0.605. The Morgan fingerprint density at radius 3 is 2.65 bits per heavy atom. The van der Waals surface area contributed by atoms with Crippen LogP contribution < -0.4 is 4.74 Å². The van der Waals surface area contributed by atoms with E-state index in [4.69, 9.17) is 4.74 Å². The van der Waals surface area contributed by atoms with Crippen LogP contribution in [0.1, 0.15) is 0 Å². The van der Waals surface area contributed by atoms with Crippen LogP contribution in [0.15, 0.2) is 29.8 Å². The first-order valence-corrected chi connectivity index (χ1v) is 5.00. The first kappa shape index (κ1) is 11.3. The molecule has 0 aromatic carbocycles. The average Bonchev–Trinajstić information content (AvgIpc) is 2.40. The van der Waals surface area contributed by atoms with E-state index in [1.165, 1.54) is 13.4 Å². The highest BCUT2D eigenvalue weighted by Crippen LogP contribution is 2.18. The molecule has 2 rings (SSSR count). The number of rotatable bonds is 3. The molecule has 0 amide bonds. The van der Waals surface area contributed by atoms with E-state index in [0.717, 1.165) is 5.56 Å². The van der Waals surface area contributed by atoms with Gasteiger partial charge >= 0.3 is 6.01 Å². The lowest BCUT2D eigenvalue weighted by Crippen LogP contribution is -1.92. The van der Waals surface area contributed by atoms with Crippen molar-refractivity contribution in [3.8, 4) is 17.3 Å². The summed E-state index contributed by atoms with van der Waals surface area (Å²) in [6, 6.07) is 1.98. The molecule has 2 aromatic heterocycles. The highest BCUT2D eigenvalue weighted by molar-refractivity contribution is 7.78. The van der Waals surface area contributed by atoms with E-state index in [1.807, 2.05) is 0 Å². The van der Waals surface area contributed by atoms with Gasteiger partial charge in [0.05, 0.1) is 18.0 Å². The van der Waals surface area contributed by atoms with Crippen LogP contribution >= 0.6 is 12.2 Å². The molecule has 0 atom stereocenters. The molecule has 0 aliphatic heterocycles. The third-order valence-electron chi connectivity index (χ3n) is 1.92. The van der Waals surface area contributed by atoms with E-state index >= 15 is 0 Å². The average molecular weight is 245 g/mol. The first-order chi connectivity index (χ1) is 8.33. The zero-order valence-electron chi connectivity index (χ0n) is 8.86. The Bertz CT molecular complexity index is 565. The molecule has 0 bridgehead atoms. The summed E-state index contributed by atoms with van der Waals surface area (Å²) in [4.78, 5) is 19.8. The molecule has 0 spiro atoms. The largest absolute Gasteiger partial charge is 0.467 e. The molecule has 17 heavy (non-hydrogen) atoms. The van der Waals surface area contributed by atoms with E-state index in [1.54, 1.807) is 18.5 Å². The second kappa shape index (κ2) is 5.20. The maximum Gasteiger partial charge on any atom is 0.316 e. The smallest absolute Gasteiger partial charge is 0.316 e. The highest BCUT2D eigenvalue weighted by Gasteiger charge is 2.03. The van der Waals surface area contributed by atoms with Gasteiger partial charge in [-0.25, -0.2) is 19.9 Å². The van der Waals surface area contributed by atoms with Gasteiger partial charge in [0.1, 0.15) is 6.33 Å². The van der Waals surface area contributed by atoms with Crippen LogP contribution in [0.5, 0.6) is 6.01 Å². The fraction of sp³-hybridized carbons (Fsp3) is 0.100. The molecule has 84 valence electrons. The van der Waals surface area contributed by atoms with Gasteiger partial charge in [-0.05, 0) is 12.2 Å². The second-order valence-electron chi connectivity index (χ2n) is 2.92. The maximum absolute atomic E-state index is 4.87. The lowest BCUT2D eigenvalue weighted by molar-refractivity contribution is 0.380. The number of aliphatic imine (C=N–C) groups is 1. The lowest BCUT2D eigenvalue weighted by atomic mass is 10.2. The minimum absolute atomic E-state index is 0.306. The Morgan fingerprint density at radius 2 is 2.00 bits per heavy atom. The molecular weight excluding hydrogens is 238 g/mol. The Morgan fingerprint density at radius 1 is 1.24 bits per heavy atom. The van der Waals surface area contributed by atoms with Crippen LogP contribution in [0.2, 0.25) is 0 Å². The fourth-order valence-electron chi connectivity index (χ4n) is 1.17. The summed E-state index contributed by atoms with van der Waals surface area (Å²) in [5, 5.41) is 2.25. The van der Waals surface area contributed by atoms with Gasteiger partial charge in [-0.3, -0.25) is 0 Å². The minimum atomic E-state index is 0.306. The van der Waals surface area contributed by atoms with Gasteiger partial charge in [0.2, 0.25) is 0 Å². The van der Waals surface area contributed by atoms with Crippen molar-refractivity contribution in [3.05, 3.63) is 24.8 Å². The van der Waals surface area contributed by atoms with Gasteiger partial charge < -0.3 is 4.74 Å². The predicted octanol–water partition coefficient (Wildman–Crippen LogP) is 1.68. The Balaban J connectivity index is 2.38. The van der Waals surface area contributed by atoms with Crippen LogP contribution in [0.25, 0.3) is 11.3 Å². The fourth-order valence-corrected chi connectivity index (χ4v) is 1.26. The van der Waals surface area contributed by atoms with Gasteiger partial charge in [-0.1, -0.05) is 0 Å². The molecule has 0 unspecified atom stereocenters. The number of hydrogen-bond donors (Lipinski definition) is 0. The highest BCUT2D eigenvalue weighted by atomic mass is 32.1. The lowest BCUT2D eigenvalue weighted by Gasteiger charge is -2.01. The number of thiocarbonyl (C=S) groups is 1. The molecule has 0 saturated heterocycles. The van der Waals surface area contributed by atoms with Crippen molar-refractivity contribution in [3.63, 3.8) is 0 Å². The molecule has 0 aliphatic carbocycles. The standard InChI is InChI=1S/C10H7N5OS/c1-16-10-11-3-7(4-12-10)8-2-9(15-6-17)14-5-13-8/h2-5H,1H3. The number of nitrogens with zero attached hydrogens (tertiary/aromatic N) is 5. The van der Waals surface area contributed by atoms with Crippen molar-refractivity contribution < 1.29 is 4.74 Å². The number of methoxy groups -OCH3 is 1. The number of ether oxygens (including phenoxy) is 1. The summed E-state index contributed by atoms with van der Waals surface area (Å²) in [6.45, 7) is 0. The van der Waals surface area contributed by atoms with Crippen molar-refractivity contribution in [2.45, 2.75) is 0 Å². The third-order valence-corrected chi connectivity index (χ3v) is 2.01. The predicted molar refractivity (Wildman–Crippen MR) is 64.3 cm³/mol. The maximum atomic E-state index is 4.87. The molecule has 0 N–H and O–H groups in total. The molecule has 7 heteroatoms. The molecule has 0 saturated carbocycles. The van der Waals surface area contributed by atoms with Crippen LogP contribution in [0, 0.1) is 0 Å². The Hall–Kier alpha value is -2.24. The second-order valence-corrected chi connectivity index (χ2v) is 3.11. The van der Waals surface area contributed by atoms with Crippen molar-refractivity contribution in [2.24, 2.45) is 4.99 Å². The normalized spacial score (nSPS) is 9.47. The molecule has 2 heterocycles. The number of hydrogen-bond acceptors (Lipinski definition) is 7. The Kier molecular flexibility index (Phi) is 3.44. The van der Waals surface area contributed by atoms with Gasteiger partial charge in [-0.2, -0.15) is 4.99 Å². The monoisotopic (exact) mass is 245 g/mol. The van der Waals surface area contributed by atoms with E-state index < -0.39 is 0 Å². The summed E-state index contributed by atoms with van der Waals surface area (Å²) >= 11 is 4.51. The Labute approximate surface area is 102 Å². The summed E-state index contributed by atoms with van der Waals surface area (Å²) in [7, 11) is 1.51. The van der Waals surface area contributed by atoms with Crippen LogP contribution in [0.3, 0.4) is 0 Å². The van der Waals surface area contributed by atoms with Crippen molar-refractivity contribution in [1.29, 1.82) is 0 Å². The van der Waals surface area contributed by atoms with E-state index in [2.05, 4.69) is 42.3 Å². The third kappa shape index (κ3) is 2.66. The van der Waals surface area contributed by atoms with Gasteiger partial charge in [0, 0.05) is 24.0 Å². The van der Waals surface area contributed by atoms with Crippen molar-refractivity contribution in [1.82, 2.24) is 19.9 Å². The van der Waals surface area contributed by atoms with Crippen molar-refractivity contribution in [2.75, 3.05) is 7.11 Å². The zero-order valence-corrected chi connectivity index (χ0v) is 9.68. The van der Waals surface area contributed by atoms with Gasteiger partial charge in [0.15, 0.2) is 5.82 Å². The topological polar surface area (TPSA) is 73.2 Å². The summed E-state index contributed by atoms with van der Waals surface area (Å²) in [5.41, 5.74) is 1.40. The minimum Gasteiger partial charge on any atom is -0.467 e. The van der Waals surface area contributed by atoms with E-state index in [9.17, 15) is 0 Å². The first-order valence-electron chi connectivity index (χ1n) is 4.60. The van der Waals surface area contributed by atoms with Crippen LogP contribution in [0.4, 0.5) is 5.82 Å². The summed E-state index contributed by atoms with van der Waals surface area (Å²) in [5.74, 6) is 0.445. The van der Waals surface area contributed by atoms with Crippen molar-refractivity contribution >= 4 is 23.2 Å². The molecule has 2 aromatic rings. The zero-order chi connectivity index (χ0) is 12.1. The van der Waals surface area contributed by atoms with E-state index in [0.29, 0.717) is 17.5 Å². The van der Waals surface area contributed by atoms with Crippen LogP contribution in [-0.4, -0.2) is 32.2 Å². The van der Waals surface area contributed by atoms with Gasteiger partial charge in [-0.15, -0.1) is 0 Å².